The molecule has 0 atom stereocenters. The fourth-order valence-electron chi connectivity index (χ4n) is 4.57. The Morgan fingerprint density at radius 3 is 2.42 bits per heavy atom. The van der Waals surface area contributed by atoms with E-state index in [0.29, 0.717) is 28.6 Å². The number of para-hydroxylation sites is 1. The highest BCUT2D eigenvalue weighted by atomic mass is 35.5. The van der Waals surface area contributed by atoms with Gasteiger partial charge in [0.2, 0.25) is 0 Å². The molecule has 1 fully saturated rings. The first kappa shape index (κ1) is 28.2. The Kier molecular flexibility index (Phi) is 8.46. The monoisotopic (exact) mass is 599 g/mol. The van der Waals surface area contributed by atoms with E-state index in [-0.39, 0.29) is 10.8 Å². The van der Waals surface area contributed by atoms with Gasteiger partial charge >= 0.3 is 0 Å². The van der Waals surface area contributed by atoms with Gasteiger partial charge < -0.3 is 15.0 Å². The lowest BCUT2D eigenvalue weighted by Crippen LogP contribution is -2.48. The van der Waals surface area contributed by atoms with Crippen LogP contribution >= 0.6 is 22.9 Å². The summed E-state index contributed by atoms with van der Waals surface area (Å²) in [6.07, 6.45) is 0. The Balaban J connectivity index is 1.11. The van der Waals surface area contributed by atoms with Crippen molar-refractivity contribution in [1.82, 2.24) is 15.2 Å². The molecule has 1 amide bonds. The number of halogens is 1. The normalized spacial score (nSPS) is 14.3. The van der Waals surface area contributed by atoms with E-state index in [1.54, 1.807) is 54.8 Å². The predicted molar refractivity (Wildman–Crippen MR) is 161 cm³/mol. The third-order valence-electron chi connectivity index (χ3n) is 6.91. The molecule has 12 heteroatoms. The van der Waals surface area contributed by atoms with E-state index in [2.05, 4.69) is 15.1 Å². The molecule has 4 aromatic rings. The Morgan fingerprint density at radius 1 is 1.05 bits per heavy atom. The maximum absolute atomic E-state index is 13.0. The molecule has 3 aromatic carbocycles. The van der Waals surface area contributed by atoms with Crippen molar-refractivity contribution in [3.05, 3.63) is 77.3 Å². The smallest absolute Gasteiger partial charge is 0.264 e. The van der Waals surface area contributed by atoms with Crippen LogP contribution in [0, 0.1) is 0 Å². The number of fused-ring (bicyclic) bond motifs is 1. The Bertz CT molecular complexity index is 1590. The van der Waals surface area contributed by atoms with Crippen LogP contribution in [-0.2, 0) is 10.0 Å². The maximum Gasteiger partial charge on any atom is 0.264 e. The van der Waals surface area contributed by atoms with Gasteiger partial charge in [0.1, 0.15) is 5.52 Å². The van der Waals surface area contributed by atoms with Crippen LogP contribution < -0.4 is 19.3 Å². The molecule has 2 heterocycles. The van der Waals surface area contributed by atoms with Gasteiger partial charge in [-0.15, -0.1) is 0 Å². The van der Waals surface area contributed by atoms with Crippen LogP contribution in [0.15, 0.2) is 71.6 Å². The SMILES string of the molecule is COc1c(Cl)ccc2sc(N3CCN(CCNC(=O)c4ccc(S(=O)(=O)N(C)c5ccccc5)cc4)CC3)nc12. The van der Waals surface area contributed by atoms with Gasteiger partial charge in [0.15, 0.2) is 10.9 Å². The molecule has 5 rings (SSSR count). The van der Waals surface area contributed by atoms with E-state index in [4.69, 9.17) is 21.3 Å². The number of hydrogen-bond donors (Lipinski definition) is 1. The lowest BCUT2D eigenvalue weighted by molar-refractivity contribution is 0.0947. The lowest BCUT2D eigenvalue weighted by atomic mass is 10.2. The summed E-state index contributed by atoms with van der Waals surface area (Å²) in [5.74, 6) is 0.368. The Morgan fingerprint density at radius 2 is 1.75 bits per heavy atom. The van der Waals surface area contributed by atoms with Crippen LogP contribution in [0.2, 0.25) is 5.02 Å². The number of nitrogens with zero attached hydrogens (tertiary/aromatic N) is 4. The van der Waals surface area contributed by atoms with Crippen molar-refractivity contribution in [1.29, 1.82) is 0 Å². The van der Waals surface area contributed by atoms with Gasteiger partial charge in [-0.3, -0.25) is 14.0 Å². The standard InChI is InChI=1S/C28H30ClN5O4S2/c1-32(21-6-4-3-5-7-21)40(36,37)22-10-8-20(9-11-22)27(35)30-14-15-33-16-18-34(19-17-33)28-31-25-24(39-28)13-12-23(29)26(25)38-2/h3-13H,14-19H2,1-2H3,(H,30,35). The molecule has 0 spiro atoms. The van der Waals surface area contributed by atoms with E-state index in [9.17, 15) is 13.2 Å². The molecule has 9 nitrogen and oxygen atoms in total. The van der Waals surface area contributed by atoms with Gasteiger partial charge in [0, 0.05) is 51.9 Å². The second-order valence-electron chi connectivity index (χ2n) is 9.34. The van der Waals surface area contributed by atoms with Gasteiger partial charge in [0.05, 0.1) is 27.4 Å². The van der Waals surface area contributed by atoms with Gasteiger partial charge in [-0.05, 0) is 48.5 Å². The van der Waals surface area contributed by atoms with Crippen LogP contribution in [0.4, 0.5) is 10.8 Å². The van der Waals surface area contributed by atoms with Crippen LogP contribution in [0.25, 0.3) is 10.2 Å². The highest BCUT2D eigenvalue weighted by molar-refractivity contribution is 7.92. The summed E-state index contributed by atoms with van der Waals surface area (Å²) < 4.78 is 33.6. The molecule has 1 aliphatic heterocycles. The number of nitrogens with one attached hydrogen (secondary N) is 1. The minimum atomic E-state index is -3.73. The zero-order chi connectivity index (χ0) is 28.3. The molecule has 0 saturated carbocycles. The molecule has 210 valence electrons. The molecule has 0 aliphatic carbocycles. The number of thiazole rings is 1. The average Bonchev–Trinajstić information content (AvgIpc) is 3.42. The van der Waals surface area contributed by atoms with Gasteiger partial charge in [0.25, 0.3) is 15.9 Å². The number of piperazine rings is 1. The minimum absolute atomic E-state index is 0.128. The number of carbonyl (C=O) groups is 1. The molecular formula is C28H30ClN5O4S2. The van der Waals surface area contributed by atoms with Crippen LogP contribution in [0.3, 0.4) is 0 Å². The minimum Gasteiger partial charge on any atom is -0.493 e. The Labute approximate surface area is 243 Å². The van der Waals surface area contributed by atoms with Gasteiger partial charge in [-0.1, -0.05) is 41.1 Å². The van der Waals surface area contributed by atoms with Gasteiger partial charge in [-0.25, -0.2) is 13.4 Å². The first-order valence-electron chi connectivity index (χ1n) is 12.8. The molecule has 0 unspecified atom stereocenters. The van der Waals surface area contributed by atoms with Crippen molar-refractivity contribution in [3.63, 3.8) is 0 Å². The molecular weight excluding hydrogens is 570 g/mol. The van der Waals surface area contributed by atoms with Crippen molar-refractivity contribution in [3.8, 4) is 5.75 Å². The Hall–Kier alpha value is -3.38. The van der Waals surface area contributed by atoms with Crippen LogP contribution in [0.1, 0.15) is 10.4 Å². The molecule has 1 aliphatic rings. The molecule has 0 bridgehead atoms. The van der Waals surface area contributed by atoms with E-state index in [0.717, 1.165) is 48.1 Å². The number of hydrogen-bond acceptors (Lipinski definition) is 8. The number of amides is 1. The third kappa shape index (κ3) is 5.87. The highest BCUT2D eigenvalue weighted by Crippen LogP contribution is 2.38. The molecule has 1 N–H and O–H groups in total. The number of ether oxygens (including phenoxy) is 1. The summed E-state index contributed by atoms with van der Waals surface area (Å²) >= 11 is 7.87. The molecule has 1 aromatic heterocycles. The third-order valence-corrected chi connectivity index (χ3v) is 10.1. The summed E-state index contributed by atoms with van der Waals surface area (Å²) in [6, 6.07) is 18.7. The van der Waals surface area contributed by atoms with Crippen LogP contribution in [-0.4, -0.2) is 77.6 Å². The number of benzene rings is 3. The zero-order valence-electron chi connectivity index (χ0n) is 22.2. The van der Waals surface area contributed by atoms with E-state index < -0.39 is 10.0 Å². The molecule has 1 saturated heterocycles. The topological polar surface area (TPSA) is 95.1 Å². The fraction of sp³-hybridized carbons (Fsp3) is 0.286. The number of carbonyl (C=O) groups excluding carboxylic acids is 1. The first-order valence-corrected chi connectivity index (χ1v) is 15.4. The number of rotatable bonds is 9. The number of sulfonamides is 1. The summed E-state index contributed by atoms with van der Waals surface area (Å²) in [6.45, 7) is 4.58. The van der Waals surface area contributed by atoms with Crippen molar-refractivity contribution in [2.24, 2.45) is 0 Å². The predicted octanol–water partition coefficient (Wildman–Crippen LogP) is 4.34. The molecule has 0 radical (unpaired) electrons. The second-order valence-corrected chi connectivity index (χ2v) is 12.7. The van der Waals surface area contributed by atoms with E-state index in [1.807, 2.05) is 18.2 Å². The van der Waals surface area contributed by atoms with E-state index in [1.165, 1.54) is 23.5 Å². The maximum atomic E-state index is 13.0. The summed E-state index contributed by atoms with van der Waals surface area (Å²) in [5.41, 5.74) is 1.77. The second kappa shape index (κ2) is 12.0. The molecule has 40 heavy (non-hydrogen) atoms. The van der Waals surface area contributed by atoms with Gasteiger partial charge in [-0.2, -0.15) is 0 Å². The lowest BCUT2D eigenvalue weighted by Gasteiger charge is -2.34. The van der Waals surface area contributed by atoms with Crippen LogP contribution in [0.5, 0.6) is 5.75 Å². The largest absolute Gasteiger partial charge is 0.493 e. The zero-order valence-corrected chi connectivity index (χ0v) is 24.6. The average molecular weight is 600 g/mol. The summed E-state index contributed by atoms with van der Waals surface area (Å²) in [7, 11) is -0.618. The first-order chi connectivity index (χ1) is 19.3. The van der Waals surface area contributed by atoms with Crippen molar-refractivity contribution < 1.29 is 17.9 Å². The fourth-order valence-corrected chi connectivity index (χ4v) is 7.01. The number of anilines is 2. The number of methoxy groups -OCH3 is 1. The van der Waals surface area contributed by atoms with Crippen molar-refractivity contribution in [2.75, 3.05) is 62.6 Å². The van der Waals surface area contributed by atoms with Crippen molar-refractivity contribution in [2.45, 2.75) is 4.90 Å². The van der Waals surface area contributed by atoms with Crippen molar-refractivity contribution >= 4 is 59.9 Å². The number of aromatic nitrogens is 1. The summed E-state index contributed by atoms with van der Waals surface area (Å²) in [5, 5.41) is 4.44. The quantitative estimate of drug-likeness (QED) is 0.306. The summed E-state index contributed by atoms with van der Waals surface area (Å²) in [4.78, 5) is 22.1. The highest BCUT2D eigenvalue weighted by Gasteiger charge is 2.23. The van der Waals surface area contributed by atoms with E-state index >= 15 is 0 Å².